The highest BCUT2D eigenvalue weighted by molar-refractivity contribution is 5.48. The number of hydrogen-bond donors (Lipinski definition) is 3. The van der Waals surface area contributed by atoms with E-state index in [2.05, 4.69) is 48.3 Å². The van der Waals surface area contributed by atoms with Crippen LogP contribution >= 0.6 is 0 Å². The van der Waals surface area contributed by atoms with Crippen LogP contribution in [0.1, 0.15) is 44.7 Å². The number of aliphatic hydroxyl groups is 2. The Morgan fingerprint density at radius 1 is 1.19 bits per heavy atom. The third-order valence-electron chi connectivity index (χ3n) is 4.32. The number of nitrogens with one attached hydrogen (secondary N) is 1. The zero-order chi connectivity index (χ0) is 15.2. The third-order valence-corrected chi connectivity index (χ3v) is 4.32. The molecule has 0 bridgehead atoms. The van der Waals surface area contributed by atoms with Gasteiger partial charge < -0.3 is 20.4 Å². The van der Waals surface area contributed by atoms with Crippen molar-refractivity contribution in [2.24, 2.45) is 0 Å². The van der Waals surface area contributed by atoms with Crippen LogP contribution in [0.25, 0.3) is 0 Å². The van der Waals surface area contributed by atoms with Gasteiger partial charge in [0.2, 0.25) is 0 Å². The first-order chi connectivity index (χ1) is 10.1. The molecular weight excluding hydrogens is 264 g/mol. The predicted octanol–water partition coefficient (Wildman–Crippen LogP) is 2.07. The molecule has 0 radical (unpaired) electrons. The van der Waals surface area contributed by atoms with E-state index in [1.807, 2.05) is 0 Å². The largest absolute Gasteiger partial charge is 0.396 e. The average Bonchev–Trinajstić information content (AvgIpc) is 2.48. The molecule has 0 aromatic heterocycles. The molecule has 0 aliphatic carbocycles. The Bertz CT molecular complexity index is 413. The van der Waals surface area contributed by atoms with E-state index < -0.39 is 0 Å². The lowest BCUT2D eigenvalue weighted by atomic mass is 10.0. The summed E-state index contributed by atoms with van der Waals surface area (Å²) in [5.74, 6) is 0. The second kappa shape index (κ2) is 7.78. The van der Waals surface area contributed by atoms with Gasteiger partial charge in [-0.05, 0) is 50.8 Å². The fourth-order valence-corrected chi connectivity index (χ4v) is 2.90. The molecular formula is C17H28N2O2. The number of nitrogens with zero attached hydrogens (tertiary/aromatic N) is 1. The lowest BCUT2D eigenvalue weighted by Crippen LogP contribution is -2.35. The summed E-state index contributed by atoms with van der Waals surface area (Å²) in [5, 5.41) is 22.0. The molecule has 118 valence electrons. The van der Waals surface area contributed by atoms with Gasteiger partial charge in [-0.25, -0.2) is 0 Å². The van der Waals surface area contributed by atoms with Gasteiger partial charge in [0.15, 0.2) is 0 Å². The quantitative estimate of drug-likeness (QED) is 0.751. The molecule has 0 saturated carbocycles. The minimum absolute atomic E-state index is 0.127. The second-order valence-electron chi connectivity index (χ2n) is 6.11. The van der Waals surface area contributed by atoms with Gasteiger partial charge in [-0.1, -0.05) is 12.1 Å². The molecule has 1 aromatic carbocycles. The highest BCUT2D eigenvalue weighted by Gasteiger charge is 2.17. The van der Waals surface area contributed by atoms with Crippen LogP contribution in [0.4, 0.5) is 5.69 Å². The zero-order valence-electron chi connectivity index (χ0n) is 13.1. The fourth-order valence-electron chi connectivity index (χ4n) is 2.90. The Balaban J connectivity index is 1.92. The van der Waals surface area contributed by atoms with Gasteiger partial charge in [0, 0.05) is 37.5 Å². The molecule has 2 atom stereocenters. The Labute approximate surface area is 127 Å². The lowest BCUT2D eigenvalue weighted by Gasteiger charge is -2.31. The minimum Gasteiger partial charge on any atom is -0.396 e. The van der Waals surface area contributed by atoms with E-state index in [-0.39, 0.29) is 18.8 Å². The average molecular weight is 292 g/mol. The van der Waals surface area contributed by atoms with E-state index in [1.54, 1.807) is 0 Å². The van der Waals surface area contributed by atoms with Crippen molar-refractivity contribution in [3.63, 3.8) is 0 Å². The first-order valence-corrected chi connectivity index (χ1v) is 8.00. The molecule has 1 aromatic rings. The lowest BCUT2D eigenvalue weighted by molar-refractivity contribution is 0.145. The summed E-state index contributed by atoms with van der Waals surface area (Å²) in [6.45, 7) is 6.34. The van der Waals surface area contributed by atoms with Crippen LogP contribution in [0.3, 0.4) is 0 Å². The summed E-state index contributed by atoms with van der Waals surface area (Å²) in [6, 6.07) is 9.27. The number of hydrogen-bond acceptors (Lipinski definition) is 4. The van der Waals surface area contributed by atoms with E-state index in [0.29, 0.717) is 6.04 Å². The van der Waals surface area contributed by atoms with Gasteiger partial charge in [-0.15, -0.1) is 0 Å². The molecule has 21 heavy (non-hydrogen) atoms. The third kappa shape index (κ3) is 4.70. The van der Waals surface area contributed by atoms with Gasteiger partial charge >= 0.3 is 0 Å². The van der Waals surface area contributed by atoms with Crippen LogP contribution in [0.5, 0.6) is 0 Å². The van der Waals surface area contributed by atoms with Crippen molar-refractivity contribution in [2.45, 2.75) is 51.3 Å². The summed E-state index contributed by atoms with van der Waals surface area (Å²) in [4.78, 5) is 2.34. The first kappa shape index (κ1) is 16.3. The van der Waals surface area contributed by atoms with Gasteiger partial charge in [-0.2, -0.15) is 0 Å². The number of rotatable bonds is 6. The second-order valence-corrected chi connectivity index (χ2v) is 6.11. The van der Waals surface area contributed by atoms with E-state index in [1.165, 1.54) is 11.3 Å². The molecule has 0 spiro atoms. The van der Waals surface area contributed by atoms with E-state index in [0.717, 1.165) is 32.4 Å². The summed E-state index contributed by atoms with van der Waals surface area (Å²) >= 11 is 0. The molecule has 4 heteroatoms. The molecule has 1 fully saturated rings. The minimum atomic E-state index is -0.127. The van der Waals surface area contributed by atoms with Crippen molar-refractivity contribution < 1.29 is 10.2 Å². The van der Waals surface area contributed by atoms with Crippen molar-refractivity contribution in [1.82, 2.24) is 5.32 Å². The first-order valence-electron chi connectivity index (χ1n) is 8.00. The van der Waals surface area contributed by atoms with Crippen LogP contribution in [-0.4, -0.2) is 42.1 Å². The van der Waals surface area contributed by atoms with Gasteiger partial charge in [-0.3, -0.25) is 0 Å². The van der Waals surface area contributed by atoms with E-state index in [9.17, 15) is 5.11 Å². The highest BCUT2D eigenvalue weighted by atomic mass is 16.3. The summed E-state index contributed by atoms with van der Waals surface area (Å²) in [7, 11) is 0. The van der Waals surface area contributed by atoms with Crippen LogP contribution in [0, 0.1) is 0 Å². The number of benzene rings is 1. The maximum absolute atomic E-state index is 9.57. The molecule has 2 rings (SSSR count). The molecule has 0 amide bonds. The maximum Gasteiger partial charge on any atom is 0.0574 e. The molecule has 1 saturated heterocycles. The van der Waals surface area contributed by atoms with Crippen molar-refractivity contribution in [3.05, 3.63) is 29.8 Å². The zero-order valence-corrected chi connectivity index (χ0v) is 13.1. The Kier molecular flexibility index (Phi) is 6.03. The van der Waals surface area contributed by atoms with Crippen molar-refractivity contribution in [2.75, 3.05) is 24.6 Å². The Hall–Kier alpha value is -1.10. The van der Waals surface area contributed by atoms with Gasteiger partial charge in [0.1, 0.15) is 0 Å². The van der Waals surface area contributed by atoms with Crippen molar-refractivity contribution in [1.29, 1.82) is 0 Å². The Morgan fingerprint density at radius 3 is 2.38 bits per heavy atom. The van der Waals surface area contributed by atoms with Crippen LogP contribution < -0.4 is 10.2 Å². The molecule has 4 nitrogen and oxygen atoms in total. The summed E-state index contributed by atoms with van der Waals surface area (Å²) in [6.07, 6.45) is 2.37. The Morgan fingerprint density at radius 2 is 1.81 bits per heavy atom. The van der Waals surface area contributed by atoms with Gasteiger partial charge in [0.05, 0.1) is 6.10 Å². The summed E-state index contributed by atoms with van der Waals surface area (Å²) < 4.78 is 0. The fraction of sp³-hybridized carbons (Fsp3) is 0.647. The van der Waals surface area contributed by atoms with E-state index >= 15 is 0 Å². The van der Waals surface area contributed by atoms with Crippen LogP contribution in [0.15, 0.2) is 24.3 Å². The smallest absolute Gasteiger partial charge is 0.0574 e. The monoisotopic (exact) mass is 292 g/mol. The standard InChI is InChI=1S/C17H28N2O2/c1-13(9-12-20)18-14(2)15-3-5-16(6-4-15)19-10-7-17(21)8-11-19/h3-6,13-14,17-18,20-21H,7-12H2,1-2H3/t13-,14?/m1/s1. The number of anilines is 1. The van der Waals surface area contributed by atoms with Crippen LogP contribution in [0.2, 0.25) is 0 Å². The predicted molar refractivity (Wildman–Crippen MR) is 86.6 cm³/mol. The van der Waals surface area contributed by atoms with Crippen molar-refractivity contribution >= 4 is 5.69 Å². The summed E-state index contributed by atoms with van der Waals surface area (Å²) in [5.41, 5.74) is 2.50. The highest BCUT2D eigenvalue weighted by Crippen LogP contribution is 2.22. The topological polar surface area (TPSA) is 55.7 Å². The molecule has 1 unspecified atom stereocenters. The van der Waals surface area contributed by atoms with E-state index in [4.69, 9.17) is 5.11 Å². The number of aliphatic hydroxyl groups excluding tert-OH is 2. The van der Waals surface area contributed by atoms with Crippen LogP contribution in [-0.2, 0) is 0 Å². The molecule has 1 heterocycles. The molecule has 3 N–H and O–H groups in total. The molecule has 1 aliphatic rings. The number of piperidine rings is 1. The maximum atomic E-state index is 9.57. The normalized spacial score (nSPS) is 19.5. The van der Waals surface area contributed by atoms with Crippen molar-refractivity contribution in [3.8, 4) is 0 Å². The SMILES string of the molecule is CC(N[C@H](C)CCO)c1ccc(N2CCC(O)CC2)cc1. The van der Waals surface area contributed by atoms with Gasteiger partial charge in [0.25, 0.3) is 0 Å². The molecule has 1 aliphatic heterocycles.